The van der Waals surface area contributed by atoms with Crippen molar-refractivity contribution in [2.45, 2.75) is 43.8 Å². The molecule has 10 heteroatoms. The summed E-state index contributed by atoms with van der Waals surface area (Å²) in [5.74, 6) is 1.72. The maximum Gasteiger partial charge on any atom is 0.234 e. The third-order valence-corrected chi connectivity index (χ3v) is 7.22. The Morgan fingerprint density at radius 1 is 1.10 bits per heavy atom. The summed E-state index contributed by atoms with van der Waals surface area (Å²) in [6, 6.07) is 3.51. The van der Waals surface area contributed by atoms with Crippen LogP contribution in [0.5, 0.6) is 0 Å². The van der Waals surface area contributed by atoms with E-state index in [1.165, 1.54) is 30.7 Å². The van der Waals surface area contributed by atoms with Gasteiger partial charge < -0.3 is 10.2 Å². The van der Waals surface area contributed by atoms with Crippen molar-refractivity contribution in [2.75, 3.05) is 29.1 Å². The van der Waals surface area contributed by atoms with Crippen LogP contribution >= 0.6 is 46.6 Å². The number of piperidine rings is 1. The summed E-state index contributed by atoms with van der Waals surface area (Å²) in [6.07, 6.45) is 4.61. The zero-order valence-electron chi connectivity index (χ0n) is 16.0. The molecule has 1 aromatic carbocycles. The molecule has 2 aromatic rings. The van der Waals surface area contributed by atoms with Gasteiger partial charge in [0.2, 0.25) is 11.9 Å². The number of hydrogen-bond donors (Lipinski definition) is 1. The van der Waals surface area contributed by atoms with E-state index >= 15 is 0 Å². The number of aromatic nitrogens is 3. The van der Waals surface area contributed by atoms with Gasteiger partial charge in [-0.3, -0.25) is 9.36 Å². The van der Waals surface area contributed by atoms with E-state index in [2.05, 4.69) is 31.9 Å². The van der Waals surface area contributed by atoms with Crippen LogP contribution in [0.25, 0.3) is 0 Å². The average molecular weight is 475 g/mol. The number of carbonyl (C=O) groups excluding carboxylic acids is 1. The van der Waals surface area contributed by atoms with Crippen LogP contribution in [0, 0.1) is 5.92 Å². The molecule has 0 unspecified atom stereocenters. The molecule has 1 aromatic heterocycles. The van der Waals surface area contributed by atoms with E-state index in [4.69, 9.17) is 34.8 Å². The fourth-order valence-corrected chi connectivity index (χ4v) is 4.77. The number of thioether (sulfide) groups is 1. The van der Waals surface area contributed by atoms with Crippen molar-refractivity contribution in [2.24, 2.45) is 5.92 Å². The lowest BCUT2D eigenvalue weighted by Gasteiger charge is -2.31. The molecule has 1 aliphatic carbocycles. The van der Waals surface area contributed by atoms with Crippen molar-refractivity contribution in [3.63, 3.8) is 0 Å². The maximum absolute atomic E-state index is 12.4. The third kappa shape index (κ3) is 4.95. The Hall–Kier alpha value is -1.15. The van der Waals surface area contributed by atoms with Crippen LogP contribution < -0.4 is 10.2 Å². The number of amides is 1. The van der Waals surface area contributed by atoms with Crippen molar-refractivity contribution >= 4 is 64.1 Å². The predicted octanol–water partition coefficient (Wildman–Crippen LogP) is 5.54. The molecule has 29 heavy (non-hydrogen) atoms. The Morgan fingerprint density at radius 3 is 2.48 bits per heavy atom. The lowest BCUT2D eigenvalue weighted by Crippen LogP contribution is -2.34. The Kier molecular flexibility index (Phi) is 6.49. The second-order valence-electron chi connectivity index (χ2n) is 7.64. The standard InChI is InChI=1S/C19H22Cl3N5OS/c1-11-4-6-26(7-5-11)18-24-25-19(27(18)12-2-3-12)29-10-17(28)23-16-9-14(21)13(20)8-15(16)22/h8-9,11-12H,2-7,10H2,1H3,(H,23,28). The largest absolute Gasteiger partial charge is 0.341 e. The highest BCUT2D eigenvalue weighted by atomic mass is 35.5. The number of rotatable bonds is 6. The van der Waals surface area contributed by atoms with E-state index < -0.39 is 0 Å². The first kappa shape index (κ1) is 21.1. The first-order valence-electron chi connectivity index (χ1n) is 9.69. The van der Waals surface area contributed by atoms with Gasteiger partial charge in [-0.25, -0.2) is 0 Å². The summed E-state index contributed by atoms with van der Waals surface area (Å²) >= 11 is 19.5. The first-order chi connectivity index (χ1) is 13.9. The lowest BCUT2D eigenvalue weighted by atomic mass is 10.00. The van der Waals surface area contributed by atoms with Crippen LogP contribution in [-0.4, -0.2) is 39.5 Å². The molecule has 0 spiro atoms. The predicted molar refractivity (Wildman–Crippen MR) is 120 cm³/mol. The first-order valence-corrected chi connectivity index (χ1v) is 11.8. The lowest BCUT2D eigenvalue weighted by molar-refractivity contribution is -0.113. The van der Waals surface area contributed by atoms with Crippen LogP contribution in [0.1, 0.15) is 38.6 Å². The molecule has 1 aliphatic heterocycles. The minimum absolute atomic E-state index is 0.186. The number of benzene rings is 1. The fourth-order valence-electron chi connectivity index (χ4n) is 3.38. The fraction of sp³-hybridized carbons (Fsp3) is 0.526. The second-order valence-corrected chi connectivity index (χ2v) is 9.80. The molecule has 1 amide bonds. The molecular weight excluding hydrogens is 453 g/mol. The summed E-state index contributed by atoms with van der Waals surface area (Å²) in [5, 5.41) is 13.5. The average Bonchev–Trinajstić information content (AvgIpc) is 3.44. The highest BCUT2D eigenvalue weighted by Crippen LogP contribution is 2.41. The second kappa shape index (κ2) is 8.92. The topological polar surface area (TPSA) is 63.1 Å². The molecule has 6 nitrogen and oxygen atoms in total. The molecule has 2 heterocycles. The van der Waals surface area contributed by atoms with Gasteiger partial charge in [0.1, 0.15) is 0 Å². The SMILES string of the molecule is CC1CCN(c2nnc(SCC(=O)Nc3cc(Cl)c(Cl)cc3Cl)n2C2CC2)CC1. The van der Waals surface area contributed by atoms with Gasteiger partial charge in [0.05, 0.1) is 26.5 Å². The highest BCUT2D eigenvalue weighted by Gasteiger charge is 2.32. The quantitative estimate of drug-likeness (QED) is 0.440. The van der Waals surface area contributed by atoms with Gasteiger partial charge in [0.15, 0.2) is 5.16 Å². The number of halogens is 3. The van der Waals surface area contributed by atoms with Crippen LogP contribution in [-0.2, 0) is 4.79 Å². The van der Waals surface area contributed by atoms with Crippen molar-refractivity contribution in [3.8, 4) is 0 Å². The molecule has 1 saturated heterocycles. The Morgan fingerprint density at radius 2 is 1.79 bits per heavy atom. The molecule has 0 atom stereocenters. The molecule has 2 aliphatic rings. The van der Waals surface area contributed by atoms with E-state index in [0.717, 1.165) is 43.0 Å². The molecular formula is C19H22Cl3N5OS. The zero-order chi connectivity index (χ0) is 20.5. The van der Waals surface area contributed by atoms with Gasteiger partial charge in [0.25, 0.3) is 0 Å². The van der Waals surface area contributed by atoms with Gasteiger partial charge >= 0.3 is 0 Å². The molecule has 2 fully saturated rings. The van der Waals surface area contributed by atoms with Gasteiger partial charge in [-0.05, 0) is 43.7 Å². The number of anilines is 2. The van der Waals surface area contributed by atoms with Crippen molar-refractivity contribution < 1.29 is 4.79 Å². The van der Waals surface area contributed by atoms with E-state index in [9.17, 15) is 4.79 Å². The minimum atomic E-state index is -0.186. The number of nitrogens with one attached hydrogen (secondary N) is 1. The van der Waals surface area contributed by atoms with Crippen LogP contribution in [0.15, 0.2) is 17.3 Å². The van der Waals surface area contributed by atoms with Crippen LogP contribution in [0.4, 0.5) is 11.6 Å². The highest BCUT2D eigenvalue weighted by molar-refractivity contribution is 7.99. The van der Waals surface area contributed by atoms with Crippen LogP contribution in [0.3, 0.4) is 0 Å². The molecule has 0 radical (unpaired) electrons. The molecule has 1 saturated carbocycles. The molecule has 4 rings (SSSR count). The van der Waals surface area contributed by atoms with Crippen molar-refractivity contribution in [1.82, 2.24) is 14.8 Å². The number of hydrogen-bond acceptors (Lipinski definition) is 5. The number of carbonyl (C=O) groups is 1. The monoisotopic (exact) mass is 473 g/mol. The van der Waals surface area contributed by atoms with Crippen molar-refractivity contribution in [3.05, 3.63) is 27.2 Å². The van der Waals surface area contributed by atoms with E-state index in [1.54, 1.807) is 6.07 Å². The summed E-state index contributed by atoms with van der Waals surface area (Å²) in [6.45, 7) is 4.31. The summed E-state index contributed by atoms with van der Waals surface area (Å²) in [7, 11) is 0. The Bertz CT molecular complexity index is 909. The van der Waals surface area contributed by atoms with Gasteiger partial charge in [0, 0.05) is 19.1 Å². The smallest absolute Gasteiger partial charge is 0.234 e. The normalized spacial score (nSPS) is 17.6. The van der Waals surface area contributed by atoms with E-state index in [-0.39, 0.29) is 11.7 Å². The number of nitrogens with zero attached hydrogens (tertiary/aromatic N) is 4. The Balaban J connectivity index is 1.42. The molecule has 0 bridgehead atoms. The van der Waals surface area contributed by atoms with Gasteiger partial charge in [-0.2, -0.15) is 0 Å². The summed E-state index contributed by atoms with van der Waals surface area (Å²) in [4.78, 5) is 14.8. The van der Waals surface area contributed by atoms with Gasteiger partial charge in [-0.15, -0.1) is 10.2 Å². The van der Waals surface area contributed by atoms with Crippen molar-refractivity contribution in [1.29, 1.82) is 0 Å². The van der Waals surface area contributed by atoms with Crippen LogP contribution in [0.2, 0.25) is 15.1 Å². The van der Waals surface area contributed by atoms with E-state index in [0.29, 0.717) is 26.8 Å². The summed E-state index contributed by atoms with van der Waals surface area (Å²) in [5.41, 5.74) is 0.443. The third-order valence-electron chi connectivity index (χ3n) is 5.24. The molecule has 156 valence electrons. The van der Waals surface area contributed by atoms with Gasteiger partial charge in [-0.1, -0.05) is 53.5 Å². The zero-order valence-corrected chi connectivity index (χ0v) is 19.1. The summed E-state index contributed by atoms with van der Waals surface area (Å²) < 4.78 is 2.21. The Labute approximate surface area is 189 Å². The van der Waals surface area contributed by atoms with E-state index in [1.807, 2.05) is 0 Å². The maximum atomic E-state index is 12.4. The molecule has 1 N–H and O–H groups in total. The minimum Gasteiger partial charge on any atom is -0.341 e.